The first-order chi connectivity index (χ1) is 11.7. The smallest absolute Gasteiger partial charge is 0.190 e. The molecule has 0 amide bonds. The minimum absolute atomic E-state index is 0.237. The minimum Gasteiger partial charge on any atom is -0.242 e. The molecule has 0 atom stereocenters. The van der Waals surface area contributed by atoms with Crippen LogP contribution in [0.15, 0.2) is 47.4 Å². The van der Waals surface area contributed by atoms with Crippen molar-refractivity contribution in [3.05, 3.63) is 65.7 Å². The number of hydrogen-bond acceptors (Lipinski definition) is 3. The van der Waals surface area contributed by atoms with Gasteiger partial charge in [0.1, 0.15) is 0 Å². The first kappa shape index (κ1) is 18.4. The highest BCUT2D eigenvalue weighted by Gasteiger charge is 2.12. The summed E-state index contributed by atoms with van der Waals surface area (Å²) < 4.78 is 27.4. The summed E-state index contributed by atoms with van der Waals surface area (Å²) >= 11 is 0. The summed E-state index contributed by atoms with van der Waals surface area (Å²) in [4.78, 5) is 11.4. The predicted molar refractivity (Wildman–Crippen MR) is 101 cm³/mol. The Kier molecular flexibility index (Phi) is 5.37. The molecule has 0 saturated heterocycles. The van der Waals surface area contributed by atoms with Crippen molar-refractivity contribution in [1.29, 1.82) is 0 Å². The second-order valence-corrected chi connectivity index (χ2v) is 5.81. The van der Waals surface area contributed by atoms with E-state index < -0.39 is 11.6 Å². The highest BCUT2D eigenvalue weighted by atomic mass is 19.1. The van der Waals surface area contributed by atoms with Gasteiger partial charge in [0.05, 0.1) is 0 Å². The number of pyridine rings is 1. The number of halogens is 2. The fraction of sp³-hybridized carbons (Fsp3) is 0.150. The van der Waals surface area contributed by atoms with Crippen LogP contribution >= 0.6 is 0 Å². The lowest BCUT2D eigenvalue weighted by Crippen LogP contribution is -1.99. The fourth-order valence-electron chi connectivity index (χ4n) is 2.19. The lowest BCUT2D eigenvalue weighted by Gasteiger charge is -2.10. The van der Waals surface area contributed by atoms with Crippen LogP contribution in [0.25, 0.3) is 11.1 Å². The summed E-state index contributed by atoms with van der Waals surface area (Å²) in [6, 6.07) is 6.49. The molecule has 0 aliphatic carbocycles. The number of aromatic nitrogens is 1. The SMILES string of the molecule is C=Nc1nc(N=C(C)c2cc(C(=C)C)cc(C(=C)C)c2)c(F)cc1F. The molecule has 0 fully saturated rings. The predicted octanol–water partition coefficient (Wildman–Crippen LogP) is 5.90. The Labute approximate surface area is 146 Å². The molecule has 0 saturated carbocycles. The average molecular weight is 339 g/mol. The van der Waals surface area contributed by atoms with Gasteiger partial charge >= 0.3 is 0 Å². The van der Waals surface area contributed by atoms with Crippen molar-refractivity contribution < 1.29 is 8.78 Å². The van der Waals surface area contributed by atoms with E-state index in [1.54, 1.807) is 6.92 Å². The number of aliphatic imine (C=N–C) groups is 2. The summed E-state index contributed by atoms with van der Waals surface area (Å²) in [5, 5.41) is 0. The van der Waals surface area contributed by atoms with E-state index in [4.69, 9.17) is 0 Å². The molecule has 2 rings (SSSR count). The first-order valence-corrected chi connectivity index (χ1v) is 7.58. The van der Waals surface area contributed by atoms with Crippen LogP contribution in [0.3, 0.4) is 0 Å². The molecule has 0 N–H and O–H groups in total. The maximum Gasteiger partial charge on any atom is 0.190 e. The standard InChI is InChI=1S/C20H19F2N3/c1-11(2)14-7-15(12(3)4)9-16(8-14)13(5)24-20-18(22)10-17(21)19(23-6)25-20/h7-10H,1,3,6H2,2,4-5H3. The average Bonchev–Trinajstić information content (AvgIpc) is 2.56. The van der Waals surface area contributed by atoms with Gasteiger partial charge in [-0.2, -0.15) is 0 Å². The quantitative estimate of drug-likeness (QED) is 0.625. The molecule has 0 radical (unpaired) electrons. The highest BCUT2D eigenvalue weighted by molar-refractivity contribution is 6.01. The zero-order chi connectivity index (χ0) is 18.7. The second kappa shape index (κ2) is 7.30. The Morgan fingerprint density at radius 2 is 1.32 bits per heavy atom. The second-order valence-electron chi connectivity index (χ2n) is 5.81. The minimum atomic E-state index is -0.877. The molecule has 128 valence electrons. The van der Waals surface area contributed by atoms with Crippen LogP contribution in [0.2, 0.25) is 0 Å². The molecular weight excluding hydrogens is 320 g/mol. The van der Waals surface area contributed by atoms with E-state index in [2.05, 4.69) is 34.8 Å². The van der Waals surface area contributed by atoms with Gasteiger partial charge < -0.3 is 0 Å². The molecule has 0 spiro atoms. The summed E-state index contributed by atoms with van der Waals surface area (Å²) in [5.74, 6) is -2.26. The zero-order valence-electron chi connectivity index (χ0n) is 14.5. The van der Waals surface area contributed by atoms with Crippen LogP contribution in [-0.2, 0) is 0 Å². The highest BCUT2D eigenvalue weighted by Crippen LogP contribution is 2.25. The third-order valence-corrected chi connectivity index (χ3v) is 3.65. The van der Waals surface area contributed by atoms with Crippen molar-refractivity contribution in [3.8, 4) is 0 Å². The lowest BCUT2D eigenvalue weighted by molar-refractivity contribution is 0.577. The van der Waals surface area contributed by atoms with Gasteiger partial charge in [-0.3, -0.25) is 0 Å². The van der Waals surface area contributed by atoms with E-state index in [1.807, 2.05) is 32.0 Å². The number of benzene rings is 1. The Morgan fingerprint density at radius 3 is 1.80 bits per heavy atom. The van der Waals surface area contributed by atoms with Gasteiger partial charge in [0, 0.05) is 11.8 Å². The number of nitrogens with zero attached hydrogens (tertiary/aromatic N) is 3. The Bertz CT molecular complexity index is 879. The van der Waals surface area contributed by atoms with Crippen LogP contribution in [-0.4, -0.2) is 17.4 Å². The molecule has 1 aromatic heterocycles. The molecule has 2 aromatic rings. The van der Waals surface area contributed by atoms with Gasteiger partial charge in [-0.05, 0) is 62.4 Å². The Hall–Kier alpha value is -2.95. The molecule has 0 bridgehead atoms. The molecule has 1 heterocycles. The van der Waals surface area contributed by atoms with E-state index in [9.17, 15) is 8.78 Å². The van der Waals surface area contributed by atoms with Gasteiger partial charge in [-0.1, -0.05) is 24.3 Å². The van der Waals surface area contributed by atoms with E-state index in [-0.39, 0.29) is 11.6 Å². The van der Waals surface area contributed by atoms with E-state index in [1.165, 1.54) is 0 Å². The van der Waals surface area contributed by atoms with Crippen molar-refractivity contribution in [1.82, 2.24) is 4.98 Å². The van der Waals surface area contributed by atoms with Crippen LogP contribution < -0.4 is 0 Å². The van der Waals surface area contributed by atoms with Crippen LogP contribution in [0, 0.1) is 11.6 Å². The summed E-state index contributed by atoms with van der Waals surface area (Å²) in [5.41, 5.74) is 4.95. The molecular formula is C20H19F2N3. The van der Waals surface area contributed by atoms with Crippen LogP contribution in [0.5, 0.6) is 0 Å². The maximum atomic E-state index is 14.0. The third-order valence-electron chi connectivity index (χ3n) is 3.65. The van der Waals surface area contributed by atoms with E-state index in [0.717, 1.165) is 27.8 Å². The van der Waals surface area contributed by atoms with Crippen molar-refractivity contribution >= 4 is 35.2 Å². The Balaban J connectivity index is 2.58. The molecule has 0 unspecified atom stereocenters. The summed E-state index contributed by atoms with van der Waals surface area (Å²) in [6.45, 7) is 16.7. The van der Waals surface area contributed by atoms with Crippen molar-refractivity contribution in [2.24, 2.45) is 9.98 Å². The van der Waals surface area contributed by atoms with Gasteiger partial charge in [0.2, 0.25) is 0 Å². The first-order valence-electron chi connectivity index (χ1n) is 7.58. The van der Waals surface area contributed by atoms with Gasteiger partial charge in [-0.25, -0.2) is 23.7 Å². The van der Waals surface area contributed by atoms with Gasteiger partial charge in [0.25, 0.3) is 0 Å². The van der Waals surface area contributed by atoms with Crippen molar-refractivity contribution in [2.45, 2.75) is 20.8 Å². The largest absolute Gasteiger partial charge is 0.242 e. The molecule has 25 heavy (non-hydrogen) atoms. The molecule has 0 aliphatic heterocycles. The monoisotopic (exact) mass is 339 g/mol. The number of hydrogen-bond donors (Lipinski definition) is 0. The summed E-state index contributed by atoms with van der Waals surface area (Å²) in [6.07, 6.45) is 0. The molecule has 0 aliphatic rings. The number of allylic oxidation sites excluding steroid dienone is 2. The maximum absolute atomic E-state index is 14.0. The normalized spacial score (nSPS) is 11.3. The fourth-order valence-corrected chi connectivity index (χ4v) is 2.19. The van der Waals surface area contributed by atoms with Gasteiger partial charge in [0.15, 0.2) is 23.3 Å². The van der Waals surface area contributed by atoms with Crippen molar-refractivity contribution in [2.75, 3.05) is 0 Å². The Morgan fingerprint density at radius 1 is 0.840 bits per heavy atom. The van der Waals surface area contributed by atoms with Crippen molar-refractivity contribution in [3.63, 3.8) is 0 Å². The van der Waals surface area contributed by atoms with E-state index >= 15 is 0 Å². The summed E-state index contributed by atoms with van der Waals surface area (Å²) in [7, 11) is 0. The molecule has 5 heteroatoms. The third kappa shape index (κ3) is 4.12. The zero-order valence-corrected chi connectivity index (χ0v) is 14.5. The molecule has 1 aromatic carbocycles. The molecule has 3 nitrogen and oxygen atoms in total. The van der Waals surface area contributed by atoms with Gasteiger partial charge in [-0.15, -0.1) is 0 Å². The lowest BCUT2D eigenvalue weighted by atomic mass is 9.97. The van der Waals surface area contributed by atoms with E-state index in [0.29, 0.717) is 11.8 Å². The van der Waals surface area contributed by atoms with Crippen LogP contribution in [0.4, 0.5) is 20.4 Å². The van der Waals surface area contributed by atoms with Crippen LogP contribution in [0.1, 0.15) is 37.5 Å². The number of rotatable bonds is 5. The topological polar surface area (TPSA) is 37.6 Å².